The molecule has 0 aliphatic carbocycles. The van der Waals surface area contributed by atoms with Crippen molar-refractivity contribution in [2.45, 2.75) is 33.1 Å². The van der Waals surface area contributed by atoms with E-state index in [2.05, 4.69) is 17.6 Å². The Morgan fingerprint density at radius 2 is 2.30 bits per heavy atom. The van der Waals surface area contributed by atoms with Gasteiger partial charge in [-0.25, -0.2) is 0 Å². The molecule has 0 saturated carbocycles. The number of anilines is 1. The lowest BCUT2D eigenvalue weighted by Crippen LogP contribution is -2.47. The second kappa shape index (κ2) is 6.27. The molecule has 1 amide bonds. The molecular formula is C16H24N2O2. The zero-order chi connectivity index (χ0) is 14.6. The van der Waals surface area contributed by atoms with Crippen molar-refractivity contribution in [2.75, 3.05) is 25.5 Å². The number of rotatable bonds is 4. The number of ether oxygens (including phenoxy) is 1. The molecule has 110 valence electrons. The van der Waals surface area contributed by atoms with E-state index in [-0.39, 0.29) is 11.3 Å². The Morgan fingerprint density at radius 3 is 2.85 bits per heavy atom. The van der Waals surface area contributed by atoms with Crippen LogP contribution in [0.1, 0.15) is 31.7 Å². The van der Waals surface area contributed by atoms with Gasteiger partial charge in [0, 0.05) is 12.2 Å². The number of methoxy groups -OCH3 is 1. The summed E-state index contributed by atoms with van der Waals surface area (Å²) in [6, 6.07) is 5.74. The van der Waals surface area contributed by atoms with Gasteiger partial charge in [-0.15, -0.1) is 0 Å². The minimum atomic E-state index is -0.272. The number of hydrogen-bond acceptors (Lipinski definition) is 3. The van der Waals surface area contributed by atoms with Crippen LogP contribution in [-0.4, -0.2) is 26.1 Å². The first kappa shape index (κ1) is 14.9. The minimum absolute atomic E-state index is 0.122. The Balaban J connectivity index is 2.12. The predicted molar refractivity (Wildman–Crippen MR) is 81.2 cm³/mol. The number of nitrogens with one attached hydrogen (secondary N) is 2. The molecule has 1 aromatic rings. The van der Waals surface area contributed by atoms with Crippen molar-refractivity contribution in [2.24, 2.45) is 5.41 Å². The first-order valence-electron chi connectivity index (χ1n) is 7.28. The number of amides is 1. The summed E-state index contributed by atoms with van der Waals surface area (Å²) in [5, 5.41) is 6.40. The van der Waals surface area contributed by atoms with Crippen molar-refractivity contribution < 1.29 is 9.53 Å². The molecule has 1 fully saturated rings. The highest BCUT2D eigenvalue weighted by Crippen LogP contribution is 2.32. The van der Waals surface area contributed by atoms with E-state index in [1.54, 1.807) is 7.11 Å². The second-order valence-corrected chi connectivity index (χ2v) is 5.55. The van der Waals surface area contributed by atoms with Gasteiger partial charge in [-0.2, -0.15) is 0 Å². The molecule has 1 atom stereocenters. The highest BCUT2D eigenvalue weighted by Gasteiger charge is 2.37. The summed E-state index contributed by atoms with van der Waals surface area (Å²) in [6.45, 7) is 5.85. The monoisotopic (exact) mass is 276 g/mol. The van der Waals surface area contributed by atoms with E-state index in [1.807, 2.05) is 25.1 Å². The second-order valence-electron chi connectivity index (χ2n) is 5.55. The van der Waals surface area contributed by atoms with E-state index in [1.165, 1.54) is 0 Å². The van der Waals surface area contributed by atoms with E-state index in [0.717, 1.165) is 49.4 Å². The molecule has 4 nitrogen and oxygen atoms in total. The van der Waals surface area contributed by atoms with Gasteiger partial charge in [0.2, 0.25) is 5.91 Å². The topological polar surface area (TPSA) is 50.4 Å². The van der Waals surface area contributed by atoms with Crippen molar-refractivity contribution in [3.05, 3.63) is 23.8 Å². The molecule has 1 saturated heterocycles. The number of piperidine rings is 1. The van der Waals surface area contributed by atoms with Crippen LogP contribution in [0.5, 0.6) is 5.75 Å². The van der Waals surface area contributed by atoms with Gasteiger partial charge < -0.3 is 15.4 Å². The van der Waals surface area contributed by atoms with E-state index in [4.69, 9.17) is 4.74 Å². The number of benzene rings is 1. The Morgan fingerprint density at radius 1 is 1.50 bits per heavy atom. The van der Waals surface area contributed by atoms with Gasteiger partial charge in [0.05, 0.1) is 12.5 Å². The lowest BCUT2D eigenvalue weighted by molar-refractivity contribution is -0.126. The van der Waals surface area contributed by atoms with Gasteiger partial charge in [0.1, 0.15) is 5.75 Å². The Hall–Kier alpha value is -1.55. The van der Waals surface area contributed by atoms with Crippen LogP contribution in [0.15, 0.2) is 18.2 Å². The normalized spacial score (nSPS) is 22.4. The summed E-state index contributed by atoms with van der Waals surface area (Å²) in [7, 11) is 1.65. The summed E-state index contributed by atoms with van der Waals surface area (Å²) >= 11 is 0. The van der Waals surface area contributed by atoms with Crippen LogP contribution in [0.2, 0.25) is 0 Å². The van der Waals surface area contributed by atoms with Crippen LogP contribution in [0.25, 0.3) is 0 Å². The molecule has 1 heterocycles. The summed E-state index contributed by atoms with van der Waals surface area (Å²) in [5.41, 5.74) is 1.59. The lowest BCUT2D eigenvalue weighted by atomic mass is 9.77. The highest BCUT2D eigenvalue weighted by atomic mass is 16.5. The molecule has 0 radical (unpaired) electrons. The summed E-state index contributed by atoms with van der Waals surface area (Å²) in [5.74, 6) is 0.962. The number of hydrogen-bond donors (Lipinski definition) is 2. The molecular weight excluding hydrogens is 252 g/mol. The fourth-order valence-corrected chi connectivity index (χ4v) is 2.84. The lowest BCUT2D eigenvalue weighted by Gasteiger charge is -2.35. The molecule has 4 heteroatoms. The van der Waals surface area contributed by atoms with Crippen molar-refractivity contribution in [3.8, 4) is 5.75 Å². The van der Waals surface area contributed by atoms with E-state index in [9.17, 15) is 4.79 Å². The zero-order valence-corrected chi connectivity index (χ0v) is 12.6. The quantitative estimate of drug-likeness (QED) is 0.889. The number of aryl methyl sites for hydroxylation is 1. The highest BCUT2D eigenvalue weighted by molar-refractivity contribution is 5.95. The molecule has 0 bridgehead atoms. The average molecular weight is 276 g/mol. The van der Waals surface area contributed by atoms with Crippen LogP contribution in [0.4, 0.5) is 5.69 Å². The van der Waals surface area contributed by atoms with Gasteiger partial charge in [-0.05, 0) is 56.5 Å². The average Bonchev–Trinajstić information content (AvgIpc) is 2.48. The maximum Gasteiger partial charge on any atom is 0.231 e. The van der Waals surface area contributed by atoms with Crippen LogP contribution in [0, 0.1) is 12.3 Å². The Kier molecular flexibility index (Phi) is 4.65. The van der Waals surface area contributed by atoms with Gasteiger partial charge in [-0.1, -0.05) is 6.92 Å². The first-order chi connectivity index (χ1) is 9.61. The molecule has 2 N–H and O–H groups in total. The predicted octanol–water partition coefficient (Wildman–Crippen LogP) is 2.72. The van der Waals surface area contributed by atoms with Gasteiger partial charge >= 0.3 is 0 Å². The Labute approximate surface area is 120 Å². The molecule has 2 rings (SSSR count). The van der Waals surface area contributed by atoms with Crippen LogP contribution in [-0.2, 0) is 4.79 Å². The van der Waals surface area contributed by atoms with Crippen LogP contribution >= 0.6 is 0 Å². The van der Waals surface area contributed by atoms with Crippen molar-refractivity contribution in [3.63, 3.8) is 0 Å². The van der Waals surface area contributed by atoms with E-state index >= 15 is 0 Å². The summed E-state index contributed by atoms with van der Waals surface area (Å²) in [4.78, 5) is 12.6. The van der Waals surface area contributed by atoms with E-state index in [0.29, 0.717) is 0 Å². The molecule has 0 spiro atoms. The van der Waals surface area contributed by atoms with Crippen LogP contribution < -0.4 is 15.4 Å². The number of carbonyl (C=O) groups excluding carboxylic acids is 1. The molecule has 1 aliphatic rings. The van der Waals surface area contributed by atoms with Gasteiger partial charge in [-0.3, -0.25) is 4.79 Å². The molecule has 0 aromatic heterocycles. The van der Waals surface area contributed by atoms with Gasteiger partial charge in [0.15, 0.2) is 0 Å². The zero-order valence-electron chi connectivity index (χ0n) is 12.6. The molecule has 1 aromatic carbocycles. The summed E-state index contributed by atoms with van der Waals surface area (Å²) in [6.07, 6.45) is 2.88. The Bertz CT molecular complexity index is 479. The number of carbonyl (C=O) groups is 1. The third-order valence-electron chi connectivity index (χ3n) is 4.28. The van der Waals surface area contributed by atoms with Crippen molar-refractivity contribution >= 4 is 11.6 Å². The van der Waals surface area contributed by atoms with Gasteiger partial charge in [0.25, 0.3) is 0 Å². The van der Waals surface area contributed by atoms with E-state index < -0.39 is 0 Å². The molecule has 20 heavy (non-hydrogen) atoms. The van der Waals surface area contributed by atoms with Crippen LogP contribution in [0.3, 0.4) is 0 Å². The standard InChI is InChI=1S/C16H24N2O2/c1-4-16(8-5-9-17-11-16)15(19)18-13-6-7-14(20-3)12(2)10-13/h6-7,10,17H,4-5,8-9,11H2,1-3H3,(H,18,19). The maximum absolute atomic E-state index is 12.6. The summed E-state index contributed by atoms with van der Waals surface area (Å²) < 4.78 is 5.24. The van der Waals surface area contributed by atoms with Crippen molar-refractivity contribution in [1.29, 1.82) is 0 Å². The smallest absolute Gasteiger partial charge is 0.231 e. The first-order valence-corrected chi connectivity index (χ1v) is 7.28. The maximum atomic E-state index is 12.6. The molecule has 1 aliphatic heterocycles. The minimum Gasteiger partial charge on any atom is -0.496 e. The fourth-order valence-electron chi connectivity index (χ4n) is 2.84. The van der Waals surface area contributed by atoms with Crippen molar-refractivity contribution in [1.82, 2.24) is 5.32 Å². The largest absolute Gasteiger partial charge is 0.496 e. The third-order valence-corrected chi connectivity index (χ3v) is 4.28. The fraction of sp³-hybridized carbons (Fsp3) is 0.562. The molecule has 1 unspecified atom stereocenters. The SMILES string of the molecule is CCC1(C(=O)Nc2ccc(OC)c(C)c2)CCCNC1. The third kappa shape index (κ3) is 2.96.